The summed E-state index contributed by atoms with van der Waals surface area (Å²) in [5.74, 6) is -2.09. The second kappa shape index (κ2) is 4.10. The van der Waals surface area contributed by atoms with Gasteiger partial charge in [0.15, 0.2) is 11.6 Å². The van der Waals surface area contributed by atoms with Crippen molar-refractivity contribution in [1.82, 2.24) is 0 Å². The summed E-state index contributed by atoms with van der Waals surface area (Å²) < 4.78 is 24.6. The van der Waals surface area contributed by atoms with Gasteiger partial charge in [-0.05, 0) is 12.1 Å². The second-order valence-electron chi connectivity index (χ2n) is 1.66. The third kappa shape index (κ3) is 2.19. The van der Waals surface area contributed by atoms with Crippen LogP contribution in [0.25, 0.3) is 0 Å². The van der Waals surface area contributed by atoms with E-state index < -0.39 is 11.6 Å². The van der Waals surface area contributed by atoms with Gasteiger partial charge in [-0.15, -0.1) is 12.4 Å². The van der Waals surface area contributed by atoms with Crippen LogP contribution in [0, 0.1) is 11.6 Å². The number of hydrogen-bond acceptors (Lipinski definition) is 0. The quantitative estimate of drug-likeness (QED) is 0.461. The van der Waals surface area contributed by atoms with Crippen LogP contribution < -0.4 is 0 Å². The van der Waals surface area contributed by atoms with Crippen LogP contribution in [0.5, 0.6) is 0 Å². The van der Waals surface area contributed by atoms with Crippen LogP contribution in [0.1, 0.15) is 0 Å². The Balaban J connectivity index is 0.000001000. The van der Waals surface area contributed by atoms with Gasteiger partial charge in [-0.25, -0.2) is 8.78 Å². The Bertz CT molecular complexity index is 235. The van der Waals surface area contributed by atoms with E-state index >= 15 is 0 Å². The van der Waals surface area contributed by atoms with Crippen molar-refractivity contribution in [2.75, 3.05) is 0 Å². The monoisotopic (exact) mass is 218 g/mol. The third-order valence-electron chi connectivity index (χ3n) is 0.988. The largest absolute Gasteiger partial charge is 0.204 e. The Morgan fingerprint density at radius 3 is 2.09 bits per heavy atom. The molecule has 0 fully saturated rings. The molecule has 11 heavy (non-hydrogen) atoms. The topological polar surface area (TPSA) is 0 Å². The molecule has 0 aliphatic carbocycles. The molecule has 0 saturated heterocycles. The van der Waals surface area contributed by atoms with Crippen LogP contribution in [0.3, 0.4) is 0 Å². The summed E-state index contributed by atoms with van der Waals surface area (Å²) in [5.41, 5.74) is 0. The molecule has 0 aromatic heterocycles. The summed E-state index contributed by atoms with van der Waals surface area (Å²) in [6.45, 7) is 0. The van der Waals surface area contributed by atoms with E-state index in [0.717, 1.165) is 6.07 Å². The molecule has 1 aromatic carbocycles. The van der Waals surface area contributed by atoms with Crippen molar-refractivity contribution in [2.45, 2.75) is 0 Å². The van der Waals surface area contributed by atoms with Gasteiger partial charge in [0.25, 0.3) is 0 Å². The molecule has 0 N–H and O–H groups in total. The Morgan fingerprint density at radius 1 is 1.09 bits per heavy atom. The molecule has 62 valence electrons. The molecule has 0 bridgehead atoms. The van der Waals surface area contributed by atoms with Crippen molar-refractivity contribution in [3.8, 4) is 0 Å². The zero-order chi connectivity index (χ0) is 7.72. The lowest BCUT2D eigenvalue weighted by molar-refractivity contribution is 0.509. The summed E-state index contributed by atoms with van der Waals surface area (Å²) in [7, 11) is 0. The summed E-state index contributed by atoms with van der Waals surface area (Å²) in [6, 6.07) is 2.12. The predicted octanol–water partition coefficient (Wildman–Crippen LogP) is 3.69. The Morgan fingerprint density at radius 2 is 1.64 bits per heavy atom. The van der Waals surface area contributed by atoms with Gasteiger partial charge in [0.2, 0.25) is 0 Å². The SMILES string of the molecule is Cl.Fc1ccc(Cl)c(Cl)c1F. The normalized spacial score (nSPS) is 9.09. The van der Waals surface area contributed by atoms with Crippen molar-refractivity contribution in [3.05, 3.63) is 33.8 Å². The maximum atomic E-state index is 12.4. The van der Waals surface area contributed by atoms with E-state index in [2.05, 4.69) is 0 Å². The summed E-state index contributed by atoms with van der Waals surface area (Å²) >= 11 is 10.6. The van der Waals surface area contributed by atoms with Gasteiger partial charge in [0, 0.05) is 0 Å². The highest BCUT2D eigenvalue weighted by atomic mass is 35.5. The Kier molecular flexibility index (Phi) is 4.08. The van der Waals surface area contributed by atoms with E-state index in [1.54, 1.807) is 0 Å². The van der Waals surface area contributed by atoms with E-state index in [1.807, 2.05) is 0 Å². The van der Waals surface area contributed by atoms with Crippen molar-refractivity contribution in [2.24, 2.45) is 0 Å². The minimum Gasteiger partial charge on any atom is -0.204 e. The summed E-state index contributed by atoms with van der Waals surface area (Å²) in [5, 5.41) is -0.359. The van der Waals surface area contributed by atoms with Gasteiger partial charge >= 0.3 is 0 Å². The highest BCUT2D eigenvalue weighted by Gasteiger charge is 2.08. The van der Waals surface area contributed by atoms with Gasteiger partial charge in [-0.3, -0.25) is 0 Å². The average molecular weight is 219 g/mol. The predicted molar refractivity (Wildman–Crippen MR) is 43.6 cm³/mol. The first-order valence-electron chi connectivity index (χ1n) is 2.42. The highest BCUT2D eigenvalue weighted by Crippen LogP contribution is 2.25. The molecule has 1 rings (SSSR count). The molecule has 0 atom stereocenters. The van der Waals surface area contributed by atoms with E-state index in [-0.39, 0.29) is 22.5 Å². The zero-order valence-electron chi connectivity index (χ0n) is 5.07. The van der Waals surface area contributed by atoms with Crippen molar-refractivity contribution >= 4 is 35.6 Å². The van der Waals surface area contributed by atoms with Crippen LogP contribution in [0.15, 0.2) is 12.1 Å². The Hall–Kier alpha value is -0.0500. The van der Waals surface area contributed by atoms with Crippen molar-refractivity contribution in [1.29, 1.82) is 0 Å². The van der Waals surface area contributed by atoms with Gasteiger partial charge in [0.05, 0.1) is 10.0 Å². The number of rotatable bonds is 0. The molecule has 1 aromatic rings. The average Bonchev–Trinajstić information content (AvgIpc) is 1.93. The highest BCUT2D eigenvalue weighted by molar-refractivity contribution is 6.42. The standard InChI is InChI=1S/C6H2Cl2F2.ClH/c7-3-1-2-4(9)6(10)5(3)8;/h1-2H;1H. The minimum atomic E-state index is -1.10. The van der Waals surface area contributed by atoms with Crippen LogP contribution >= 0.6 is 35.6 Å². The summed E-state index contributed by atoms with van der Waals surface area (Å²) in [4.78, 5) is 0. The lowest BCUT2D eigenvalue weighted by Crippen LogP contribution is -1.84. The van der Waals surface area contributed by atoms with Crippen molar-refractivity contribution < 1.29 is 8.78 Å². The zero-order valence-corrected chi connectivity index (χ0v) is 7.40. The van der Waals surface area contributed by atoms with E-state index in [0.29, 0.717) is 0 Å². The number of halogens is 5. The summed E-state index contributed by atoms with van der Waals surface area (Å²) in [6.07, 6.45) is 0. The molecule has 0 aliphatic rings. The lowest BCUT2D eigenvalue weighted by Gasteiger charge is -1.96. The van der Waals surface area contributed by atoms with E-state index in [9.17, 15) is 8.78 Å². The first-order chi connectivity index (χ1) is 4.63. The van der Waals surface area contributed by atoms with Crippen molar-refractivity contribution in [3.63, 3.8) is 0 Å². The lowest BCUT2D eigenvalue weighted by atomic mass is 10.3. The maximum absolute atomic E-state index is 12.4. The fraction of sp³-hybridized carbons (Fsp3) is 0. The van der Waals surface area contributed by atoms with Gasteiger partial charge in [0.1, 0.15) is 0 Å². The molecule has 0 unspecified atom stereocenters. The third-order valence-corrected chi connectivity index (χ3v) is 1.77. The van der Waals surface area contributed by atoms with Gasteiger partial charge < -0.3 is 0 Å². The molecule has 0 aliphatic heterocycles. The van der Waals surface area contributed by atoms with Crippen LogP contribution in [-0.4, -0.2) is 0 Å². The van der Waals surface area contributed by atoms with Crippen LogP contribution in [0.2, 0.25) is 10.0 Å². The molecule has 0 spiro atoms. The number of benzene rings is 1. The fourth-order valence-corrected chi connectivity index (χ4v) is 0.802. The Labute approximate surface area is 78.5 Å². The number of hydrogen-bond donors (Lipinski definition) is 0. The van der Waals surface area contributed by atoms with Crippen LogP contribution in [0.4, 0.5) is 8.78 Å². The molecule has 5 heteroatoms. The smallest absolute Gasteiger partial charge is 0.178 e. The fourth-order valence-electron chi connectivity index (χ4n) is 0.502. The van der Waals surface area contributed by atoms with Crippen LogP contribution in [-0.2, 0) is 0 Å². The first-order valence-corrected chi connectivity index (χ1v) is 3.17. The second-order valence-corrected chi connectivity index (χ2v) is 2.44. The molecule has 0 saturated carbocycles. The van der Waals surface area contributed by atoms with E-state index in [1.165, 1.54) is 6.07 Å². The molecule has 0 nitrogen and oxygen atoms in total. The van der Waals surface area contributed by atoms with Gasteiger partial charge in [-0.2, -0.15) is 0 Å². The molecule has 0 radical (unpaired) electrons. The maximum Gasteiger partial charge on any atom is 0.178 e. The van der Waals surface area contributed by atoms with E-state index in [4.69, 9.17) is 23.2 Å². The molecule has 0 amide bonds. The molecule has 0 heterocycles. The first kappa shape index (κ1) is 11.0. The van der Waals surface area contributed by atoms with Gasteiger partial charge in [-0.1, -0.05) is 23.2 Å². The molecular formula is C6H3Cl3F2. The molecular weight excluding hydrogens is 216 g/mol. The minimum absolute atomic E-state index is 0.